The van der Waals surface area contributed by atoms with Gasteiger partial charge in [0.1, 0.15) is 6.04 Å². The molecule has 29 heavy (non-hydrogen) atoms. The zero-order valence-electron chi connectivity index (χ0n) is 16.7. The highest BCUT2D eigenvalue weighted by atomic mass is 16.5. The SMILES string of the molecule is CC(=O)c1ccccc1NC(=O)C[NH+]1CCC[C@@H]1c1ccc2c(c1)OCCCO2. The Labute approximate surface area is 170 Å². The Morgan fingerprint density at radius 3 is 2.69 bits per heavy atom. The molecule has 0 radical (unpaired) electrons. The van der Waals surface area contributed by atoms with Crippen LogP contribution in [0, 0.1) is 0 Å². The largest absolute Gasteiger partial charge is 0.490 e. The number of Topliss-reactive ketones (excluding diaryl/α,β-unsaturated/α-hetero) is 1. The molecule has 2 heterocycles. The van der Waals surface area contributed by atoms with Crippen molar-refractivity contribution >= 4 is 17.4 Å². The van der Waals surface area contributed by atoms with E-state index < -0.39 is 0 Å². The van der Waals surface area contributed by atoms with E-state index in [-0.39, 0.29) is 17.7 Å². The van der Waals surface area contributed by atoms with Crippen molar-refractivity contribution in [3.8, 4) is 11.5 Å². The molecule has 0 spiro atoms. The number of quaternary nitrogens is 1. The molecule has 2 aromatic carbocycles. The Hall–Kier alpha value is -2.86. The number of nitrogens with one attached hydrogen (secondary N) is 2. The molecule has 1 unspecified atom stereocenters. The Morgan fingerprint density at radius 1 is 1.07 bits per heavy atom. The summed E-state index contributed by atoms with van der Waals surface area (Å²) in [5.74, 6) is 1.46. The van der Waals surface area contributed by atoms with Gasteiger partial charge in [-0.05, 0) is 37.3 Å². The first-order valence-corrected chi connectivity index (χ1v) is 10.3. The summed E-state index contributed by atoms with van der Waals surface area (Å²) >= 11 is 0. The number of fused-ring (bicyclic) bond motifs is 1. The molecule has 0 aromatic heterocycles. The fourth-order valence-electron chi connectivity index (χ4n) is 4.22. The first-order chi connectivity index (χ1) is 14.1. The van der Waals surface area contributed by atoms with Crippen molar-refractivity contribution in [3.63, 3.8) is 0 Å². The number of ketones is 1. The van der Waals surface area contributed by atoms with E-state index in [1.165, 1.54) is 17.4 Å². The van der Waals surface area contributed by atoms with Crippen LogP contribution in [0.4, 0.5) is 5.69 Å². The summed E-state index contributed by atoms with van der Waals surface area (Å²) in [6.07, 6.45) is 2.99. The van der Waals surface area contributed by atoms with Gasteiger partial charge in [0.25, 0.3) is 5.91 Å². The van der Waals surface area contributed by atoms with Gasteiger partial charge in [-0.25, -0.2) is 0 Å². The topological polar surface area (TPSA) is 69.1 Å². The molecule has 2 N–H and O–H groups in total. The molecule has 2 aromatic rings. The highest BCUT2D eigenvalue weighted by Gasteiger charge is 2.32. The van der Waals surface area contributed by atoms with Crippen LogP contribution in [0.1, 0.15) is 48.1 Å². The third-order valence-electron chi connectivity index (χ3n) is 5.63. The van der Waals surface area contributed by atoms with Gasteiger partial charge in [0.2, 0.25) is 0 Å². The second-order valence-electron chi connectivity index (χ2n) is 7.69. The number of carbonyl (C=O) groups excluding carboxylic acids is 2. The molecule has 4 rings (SSSR count). The zero-order valence-corrected chi connectivity index (χ0v) is 16.7. The highest BCUT2D eigenvalue weighted by Crippen LogP contribution is 2.33. The second kappa shape index (κ2) is 8.66. The summed E-state index contributed by atoms with van der Waals surface area (Å²) < 4.78 is 11.6. The molecule has 1 saturated heterocycles. The van der Waals surface area contributed by atoms with E-state index in [0.717, 1.165) is 37.3 Å². The molecule has 2 atom stereocenters. The summed E-state index contributed by atoms with van der Waals surface area (Å²) in [5, 5.41) is 2.92. The average Bonchev–Trinajstić information content (AvgIpc) is 3.03. The number of likely N-dealkylation sites (tertiary alicyclic amines) is 1. The van der Waals surface area contributed by atoms with Gasteiger partial charge in [0.05, 0.1) is 25.4 Å². The van der Waals surface area contributed by atoms with E-state index >= 15 is 0 Å². The number of benzene rings is 2. The number of ether oxygens (including phenoxy) is 2. The number of hydrogen-bond acceptors (Lipinski definition) is 4. The Morgan fingerprint density at radius 2 is 1.86 bits per heavy atom. The molecule has 1 fully saturated rings. The van der Waals surface area contributed by atoms with Crippen molar-refractivity contribution < 1.29 is 24.0 Å². The molecule has 2 aliphatic heterocycles. The summed E-state index contributed by atoms with van der Waals surface area (Å²) in [6, 6.07) is 13.5. The first-order valence-electron chi connectivity index (χ1n) is 10.3. The number of rotatable bonds is 5. The van der Waals surface area contributed by atoms with Crippen molar-refractivity contribution in [3.05, 3.63) is 53.6 Å². The average molecular weight is 395 g/mol. The molecule has 6 nitrogen and oxygen atoms in total. The fourth-order valence-corrected chi connectivity index (χ4v) is 4.22. The summed E-state index contributed by atoms with van der Waals surface area (Å²) in [4.78, 5) is 25.7. The fraction of sp³-hybridized carbons (Fsp3) is 0.391. The lowest BCUT2D eigenvalue weighted by Crippen LogP contribution is -3.11. The third kappa shape index (κ3) is 4.43. The lowest BCUT2D eigenvalue weighted by molar-refractivity contribution is -0.910. The van der Waals surface area contributed by atoms with Gasteiger partial charge in [-0.15, -0.1) is 0 Å². The maximum absolute atomic E-state index is 12.7. The normalized spacial score (nSPS) is 20.7. The molecular formula is C23H27N2O4+. The van der Waals surface area contributed by atoms with Gasteiger partial charge in [0.15, 0.2) is 23.8 Å². The molecule has 1 amide bonds. The Bertz CT molecular complexity index is 912. The maximum atomic E-state index is 12.7. The van der Waals surface area contributed by atoms with Crippen molar-refractivity contribution in [1.82, 2.24) is 0 Å². The number of anilines is 1. The minimum atomic E-state index is -0.0741. The zero-order chi connectivity index (χ0) is 20.2. The molecule has 0 bridgehead atoms. The number of amides is 1. The maximum Gasteiger partial charge on any atom is 0.279 e. The first kappa shape index (κ1) is 19.5. The van der Waals surface area contributed by atoms with E-state index in [9.17, 15) is 9.59 Å². The molecular weight excluding hydrogens is 368 g/mol. The molecule has 6 heteroatoms. The number of para-hydroxylation sites is 1. The molecule has 0 aliphatic carbocycles. The Balaban J connectivity index is 1.46. The lowest BCUT2D eigenvalue weighted by atomic mass is 10.0. The van der Waals surface area contributed by atoms with Gasteiger partial charge >= 0.3 is 0 Å². The van der Waals surface area contributed by atoms with Crippen LogP contribution in [0.25, 0.3) is 0 Å². The smallest absolute Gasteiger partial charge is 0.279 e. The van der Waals surface area contributed by atoms with Crippen LogP contribution in [0.15, 0.2) is 42.5 Å². The monoisotopic (exact) mass is 395 g/mol. The molecule has 2 aliphatic rings. The van der Waals surface area contributed by atoms with Crippen LogP contribution in [0.2, 0.25) is 0 Å². The summed E-state index contributed by atoms with van der Waals surface area (Å²) in [7, 11) is 0. The van der Waals surface area contributed by atoms with Crippen LogP contribution in [-0.2, 0) is 4.79 Å². The van der Waals surface area contributed by atoms with Gasteiger partial charge in [-0.2, -0.15) is 0 Å². The van der Waals surface area contributed by atoms with Crippen molar-refractivity contribution in [2.24, 2.45) is 0 Å². The minimum Gasteiger partial charge on any atom is -0.490 e. The van der Waals surface area contributed by atoms with Crippen molar-refractivity contribution in [1.29, 1.82) is 0 Å². The van der Waals surface area contributed by atoms with Crippen LogP contribution in [0.3, 0.4) is 0 Å². The van der Waals surface area contributed by atoms with Crippen LogP contribution in [-0.4, -0.2) is 38.0 Å². The van der Waals surface area contributed by atoms with E-state index in [4.69, 9.17) is 9.47 Å². The summed E-state index contributed by atoms with van der Waals surface area (Å²) in [6.45, 7) is 4.16. The lowest BCUT2D eigenvalue weighted by Gasteiger charge is -2.22. The van der Waals surface area contributed by atoms with Gasteiger partial charge < -0.3 is 19.7 Å². The molecule has 0 saturated carbocycles. The van der Waals surface area contributed by atoms with Crippen molar-refractivity contribution in [2.75, 3.05) is 31.6 Å². The van der Waals surface area contributed by atoms with Gasteiger partial charge in [-0.3, -0.25) is 9.59 Å². The van der Waals surface area contributed by atoms with E-state index in [1.807, 2.05) is 12.1 Å². The summed E-state index contributed by atoms with van der Waals surface area (Å²) in [5.41, 5.74) is 2.30. The highest BCUT2D eigenvalue weighted by molar-refractivity contribution is 6.03. The van der Waals surface area contributed by atoms with E-state index in [0.29, 0.717) is 31.0 Å². The van der Waals surface area contributed by atoms with Crippen LogP contribution in [0.5, 0.6) is 11.5 Å². The molecule has 152 valence electrons. The third-order valence-corrected chi connectivity index (χ3v) is 5.63. The number of carbonyl (C=O) groups is 2. The van der Waals surface area contributed by atoms with Gasteiger partial charge in [0, 0.05) is 30.4 Å². The van der Waals surface area contributed by atoms with E-state index in [2.05, 4.69) is 17.4 Å². The van der Waals surface area contributed by atoms with E-state index in [1.54, 1.807) is 18.2 Å². The van der Waals surface area contributed by atoms with Crippen molar-refractivity contribution in [2.45, 2.75) is 32.2 Å². The quantitative estimate of drug-likeness (QED) is 0.763. The van der Waals surface area contributed by atoms with Crippen LogP contribution < -0.4 is 19.7 Å². The number of hydrogen-bond donors (Lipinski definition) is 2. The predicted molar refractivity (Wildman–Crippen MR) is 110 cm³/mol. The standard InChI is InChI=1S/C23H26N2O4/c1-16(26)18-6-2-3-7-19(18)24-23(27)15-25-11-4-8-20(25)17-9-10-21-22(14-17)29-13-5-12-28-21/h2-3,6-7,9-10,14,20H,4-5,8,11-13,15H2,1H3,(H,24,27)/p+1/t20-/m1/s1. The van der Waals surface area contributed by atoms with Crippen LogP contribution >= 0.6 is 0 Å². The second-order valence-corrected chi connectivity index (χ2v) is 7.69. The Kier molecular flexibility index (Phi) is 5.81. The predicted octanol–water partition coefficient (Wildman–Crippen LogP) is 2.41. The minimum absolute atomic E-state index is 0.0560. The van der Waals surface area contributed by atoms with Gasteiger partial charge in [-0.1, -0.05) is 12.1 Å².